The molecule has 0 aliphatic carbocycles. The summed E-state index contributed by atoms with van der Waals surface area (Å²) in [4.78, 5) is 11.9. The molecule has 0 unspecified atom stereocenters. The predicted octanol–water partition coefficient (Wildman–Crippen LogP) is 1.71. The second-order valence-electron chi connectivity index (χ2n) is 3.95. The summed E-state index contributed by atoms with van der Waals surface area (Å²) in [6, 6.07) is 9.33. The lowest BCUT2D eigenvalue weighted by atomic mass is 10.1. The largest absolute Gasteiger partial charge is 0.458 e. The molecule has 0 spiro atoms. The average Bonchev–Trinajstić information content (AvgIpc) is 2.84. The van der Waals surface area contributed by atoms with Crippen LogP contribution in [-0.2, 0) is 19.0 Å². The molecule has 1 heterocycles. The summed E-state index contributed by atoms with van der Waals surface area (Å²) < 4.78 is 15.7. The molecule has 0 saturated carbocycles. The number of ether oxygens (including phenoxy) is 3. The average molecular weight is 236 g/mol. The minimum absolute atomic E-state index is 0.135. The van der Waals surface area contributed by atoms with Gasteiger partial charge in [-0.05, 0) is 5.56 Å². The molecule has 1 aromatic carbocycles. The molecule has 0 aromatic heterocycles. The van der Waals surface area contributed by atoms with E-state index < -0.39 is 6.10 Å². The Balaban J connectivity index is 2.00. The van der Waals surface area contributed by atoms with Crippen LogP contribution in [0.15, 0.2) is 30.3 Å². The van der Waals surface area contributed by atoms with E-state index in [9.17, 15) is 4.79 Å². The maximum Gasteiger partial charge on any atom is 0.340 e. The molecule has 0 bridgehead atoms. The normalized spacial score (nSPS) is 21.1. The Labute approximate surface area is 100 Å². The highest BCUT2D eigenvalue weighted by Crippen LogP contribution is 2.20. The molecular formula is C13H16O4. The molecule has 1 saturated heterocycles. The van der Waals surface area contributed by atoms with Crippen LogP contribution >= 0.6 is 0 Å². The van der Waals surface area contributed by atoms with Crippen molar-refractivity contribution in [2.75, 3.05) is 20.3 Å². The molecule has 0 radical (unpaired) electrons. The van der Waals surface area contributed by atoms with E-state index in [2.05, 4.69) is 0 Å². The second kappa shape index (κ2) is 5.80. The third-order valence-electron chi connectivity index (χ3n) is 2.72. The summed E-state index contributed by atoms with van der Waals surface area (Å²) in [5.74, 6) is -0.353. The third-order valence-corrected chi connectivity index (χ3v) is 2.72. The Bertz CT molecular complexity index is 357. The zero-order valence-corrected chi connectivity index (χ0v) is 9.80. The van der Waals surface area contributed by atoms with Crippen molar-refractivity contribution < 1.29 is 19.0 Å². The number of benzene rings is 1. The summed E-state index contributed by atoms with van der Waals surface area (Å²) >= 11 is 0. The molecule has 2 atom stereocenters. The lowest BCUT2D eigenvalue weighted by Crippen LogP contribution is -2.24. The molecule has 0 amide bonds. The van der Waals surface area contributed by atoms with Gasteiger partial charge < -0.3 is 14.2 Å². The van der Waals surface area contributed by atoms with Gasteiger partial charge in [0.1, 0.15) is 6.10 Å². The fraction of sp³-hybridized carbons (Fsp3) is 0.462. The molecule has 2 rings (SSSR count). The van der Waals surface area contributed by atoms with Gasteiger partial charge in [0.2, 0.25) is 0 Å². The lowest BCUT2D eigenvalue weighted by Gasteiger charge is -2.17. The minimum atomic E-state index is -0.656. The number of hydrogen-bond acceptors (Lipinski definition) is 4. The third kappa shape index (κ3) is 3.05. The molecule has 1 aliphatic heterocycles. The highest BCUT2D eigenvalue weighted by molar-refractivity contribution is 5.76. The number of carbonyl (C=O) groups excluding carboxylic acids is 1. The van der Waals surface area contributed by atoms with E-state index in [1.165, 1.54) is 7.11 Å². The second-order valence-corrected chi connectivity index (χ2v) is 3.95. The van der Waals surface area contributed by atoms with Crippen LogP contribution in [-0.4, -0.2) is 32.4 Å². The van der Waals surface area contributed by atoms with Crippen molar-refractivity contribution in [1.82, 2.24) is 0 Å². The van der Waals surface area contributed by atoms with Crippen molar-refractivity contribution in [3.8, 4) is 0 Å². The van der Waals surface area contributed by atoms with Crippen LogP contribution in [0.4, 0.5) is 0 Å². The zero-order chi connectivity index (χ0) is 12.1. The fourth-order valence-electron chi connectivity index (χ4n) is 1.83. The van der Waals surface area contributed by atoms with Gasteiger partial charge in [0.05, 0.1) is 13.2 Å². The van der Waals surface area contributed by atoms with E-state index >= 15 is 0 Å². The van der Waals surface area contributed by atoms with E-state index in [1.54, 1.807) is 0 Å². The van der Waals surface area contributed by atoms with Gasteiger partial charge in [-0.2, -0.15) is 0 Å². The van der Waals surface area contributed by atoms with Gasteiger partial charge >= 0.3 is 5.97 Å². The van der Waals surface area contributed by atoms with Crippen molar-refractivity contribution in [2.45, 2.75) is 18.6 Å². The van der Waals surface area contributed by atoms with Gasteiger partial charge in [0.25, 0.3) is 0 Å². The maximum absolute atomic E-state index is 11.9. The van der Waals surface area contributed by atoms with E-state index in [1.807, 2.05) is 30.3 Å². The first-order chi connectivity index (χ1) is 8.31. The number of hydrogen-bond donors (Lipinski definition) is 0. The number of carbonyl (C=O) groups is 1. The summed E-state index contributed by atoms with van der Waals surface area (Å²) in [7, 11) is 1.50. The number of rotatable bonds is 4. The summed E-state index contributed by atoms with van der Waals surface area (Å²) in [5.41, 5.74) is 0.805. The highest BCUT2D eigenvalue weighted by Gasteiger charge is 2.26. The van der Waals surface area contributed by atoms with E-state index in [0.717, 1.165) is 12.0 Å². The number of methoxy groups -OCH3 is 1. The van der Waals surface area contributed by atoms with Crippen molar-refractivity contribution >= 4 is 5.97 Å². The topological polar surface area (TPSA) is 44.8 Å². The quantitative estimate of drug-likeness (QED) is 0.746. The van der Waals surface area contributed by atoms with Gasteiger partial charge in [0, 0.05) is 13.5 Å². The van der Waals surface area contributed by atoms with E-state index in [-0.39, 0.29) is 12.1 Å². The van der Waals surface area contributed by atoms with Crippen molar-refractivity contribution in [1.29, 1.82) is 0 Å². The number of esters is 1. The molecular weight excluding hydrogens is 220 g/mol. The van der Waals surface area contributed by atoms with Crippen LogP contribution in [0, 0.1) is 0 Å². The minimum Gasteiger partial charge on any atom is -0.458 e. The van der Waals surface area contributed by atoms with Crippen LogP contribution in [0.1, 0.15) is 18.1 Å². The van der Waals surface area contributed by atoms with Gasteiger partial charge in [-0.25, -0.2) is 4.79 Å². The SMILES string of the molecule is CO[C@@H](C(=O)O[C@H]1CCOC1)c1ccccc1. The van der Waals surface area contributed by atoms with E-state index in [0.29, 0.717) is 13.2 Å². The molecule has 0 N–H and O–H groups in total. The summed E-state index contributed by atoms with van der Waals surface area (Å²) in [5, 5.41) is 0. The molecule has 4 heteroatoms. The standard InChI is InChI=1S/C13H16O4/c1-15-12(10-5-3-2-4-6-10)13(14)17-11-7-8-16-9-11/h2-6,11-12H,7-9H2,1H3/t11-,12+/m0/s1. The molecule has 17 heavy (non-hydrogen) atoms. The first-order valence-corrected chi connectivity index (χ1v) is 5.67. The van der Waals surface area contributed by atoms with Crippen LogP contribution in [0.3, 0.4) is 0 Å². The highest BCUT2D eigenvalue weighted by atomic mass is 16.6. The van der Waals surface area contributed by atoms with Crippen molar-refractivity contribution in [3.63, 3.8) is 0 Å². The van der Waals surface area contributed by atoms with Crippen LogP contribution in [0.2, 0.25) is 0 Å². The van der Waals surface area contributed by atoms with Crippen LogP contribution in [0.5, 0.6) is 0 Å². The Morgan fingerprint density at radius 3 is 2.76 bits per heavy atom. The van der Waals surface area contributed by atoms with Gasteiger partial charge in [-0.15, -0.1) is 0 Å². The fourth-order valence-corrected chi connectivity index (χ4v) is 1.83. The monoisotopic (exact) mass is 236 g/mol. The Hall–Kier alpha value is -1.39. The molecule has 1 fully saturated rings. The summed E-state index contributed by atoms with van der Waals surface area (Å²) in [6.45, 7) is 1.14. The Kier molecular flexibility index (Phi) is 4.12. The van der Waals surface area contributed by atoms with Crippen molar-refractivity contribution in [2.24, 2.45) is 0 Å². The molecule has 1 aromatic rings. The molecule has 4 nitrogen and oxygen atoms in total. The maximum atomic E-state index is 11.9. The molecule has 1 aliphatic rings. The zero-order valence-electron chi connectivity index (χ0n) is 9.80. The predicted molar refractivity (Wildman–Crippen MR) is 61.5 cm³/mol. The van der Waals surface area contributed by atoms with Crippen LogP contribution in [0.25, 0.3) is 0 Å². The molecule has 92 valence electrons. The first kappa shape index (κ1) is 12.1. The van der Waals surface area contributed by atoms with Crippen molar-refractivity contribution in [3.05, 3.63) is 35.9 Å². The van der Waals surface area contributed by atoms with Gasteiger partial charge in [0.15, 0.2) is 6.10 Å². The van der Waals surface area contributed by atoms with E-state index in [4.69, 9.17) is 14.2 Å². The lowest BCUT2D eigenvalue weighted by molar-refractivity contribution is -0.161. The Morgan fingerprint density at radius 1 is 1.41 bits per heavy atom. The van der Waals surface area contributed by atoms with Crippen LogP contribution < -0.4 is 0 Å². The summed E-state index contributed by atoms with van der Waals surface area (Å²) in [6.07, 6.45) is -0.0302. The smallest absolute Gasteiger partial charge is 0.340 e. The van der Waals surface area contributed by atoms with Gasteiger partial charge in [-0.1, -0.05) is 30.3 Å². The Morgan fingerprint density at radius 2 is 2.18 bits per heavy atom. The van der Waals surface area contributed by atoms with Gasteiger partial charge in [-0.3, -0.25) is 0 Å². The first-order valence-electron chi connectivity index (χ1n) is 5.67.